The summed E-state index contributed by atoms with van der Waals surface area (Å²) in [5.41, 5.74) is 1.05. The second-order valence-corrected chi connectivity index (χ2v) is 7.98. The summed E-state index contributed by atoms with van der Waals surface area (Å²) in [4.78, 5) is 12.2. The molecule has 1 N–H and O–H groups in total. The zero-order chi connectivity index (χ0) is 17.7. The van der Waals surface area contributed by atoms with E-state index in [2.05, 4.69) is 5.32 Å². The SMILES string of the molecule is CCS(=O)(=O)c1ccc(NC(=O)/C=C/c2c(Cl)cccc2Cl)cc1. The number of nitrogens with one attached hydrogen (secondary N) is 1. The zero-order valence-electron chi connectivity index (χ0n) is 12.8. The van der Waals surface area contributed by atoms with Gasteiger partial charge in [0.25, 0.3) is 0 Å². The molecule has 2 rings (SSSR count). The topological polar surface area (TPSA) is 63.2 Å². The van der Waals surface area contributed by atoms with Crippen LogP contribution in [0.15, 0.2) is 53.4 Å². The second kappa shape index (κ2) is 7.83. The highest BCUT2D eigenvalue weighted by atomic mass is 35.5. The van der Waals surface area contributed by atoms with Crippen LogP contribution in [0.5, 0.6) is 0 Å². The summed E-state index contributed by atoms with van der Waals surface area (Å²) < 4.78 is 23.5. The fourth-order valence-corrected chi connectivity index (χ4v) is 3.33. The van der Waals surface area contributed by atoms with Crippen LogP contribution in [-0.2, 0) is 14.6 Å². The molecule has 4 nitrogen and oxygen atoms in total. The highest BCUT2D eigenvalue weighted by molar-refractivity contribution is 7.91. The number of hydrogen-bond donors (Lipinski definition) is 1. The Morgan fingerprint density at radius 1 is 1.08 bits per heavy atom. The molecule has 0 heterocycles. The molecule has 0 saturated heterocycles. The van der Waals surface area contributed by atoms with Gasteiger partial charge in [-0.05, 0) is 42.5 Å². The number of hydrogen-bond acceptors (Lipinski definition) is 3. The van der Waals surface area contributed by atoms with Gasteiger partial charge in [-0.1, -0.05) is 36.2 Å². The minimum Gasteiger partial charge on any atom is -0.323 e. The maximum Gasteiger partial charge on any atom is 0.248 e. The minimum absolute atomic E-state index is 0.0278. The lowest BCUT2D eigenvalue weighted by Crippen LogP contribution is -2.08. The molecule has 0 unspecified atom stereocenters. The first-order valence-electron chi connectivity index (χ1n) is 7.09. The van der Waals surface area contributed by atoms with E-state index in [1.807, 2.05) is 0 Å². The average molecular weight is 384 g/mol. The number of carbonyl (C=O) groups excluding carboxylic acids is 1. The molecule has 0 aliphatic carbocycles. The van der Waals surface area contributed by atoms with Crippen LogP contribution in [0.25, 0.3) is 6.08 Å². The first-order valence-corrected chi connectivity index (χ1v) is 9.50. The van der Waals surface area contributed by atoms with Crippen molar-refractivity contribution < 1.29 is 13.2 Å². The molecule has 7 heteroatoms. The van der Waals surface area contributed by atoms with Gasteiger partial charge in [-0.25, -0.2) is 8.42 Å². The van der Waals surface area contributed by atoms with Gasteiger partial charge in [0, 0.05) is 27.4 Å². The van der Waals surface area contributed by atoms with Gasteiger partial charge >= 0.3 is 0 Å². The molecule has 0 spiro atoms. The van der Waals surface area contributed by atoms with Gasteiger partial charge in [0.1, 0.15) is 0 Å². The predicted molar refractivity (Wildman–Crippen MR) is 98.3 cm³/mol. The van der Waals surface area contributed by atoms with Crippen LogP contribution >= 0.6 is 23.2 Å². The van der Waals surface area contributed by atoms with Crippen molar-refractivity contribution in [3.8, 4) is 0 Å². The Bertz CT molecular complexity index is 855. The smallest absolute Gasteiger partial charge is 0.248 e. The van der Waals surface area contributed by atoms with Crippen molar-refractivity contribution in [2.24, 2.45) is 0 Å². The molecular weight excluding hydrogens is 369 g/mol. The van der Waals surface area contributed by atoms with E-state index in [0.29, 0.717) is 21.3 Å². The Labute approximate surface area is 151 Å². The molecule has 1 amide bonds. The number of benzene rings is 2. The van der Waals surface area contributed by atoms with Crippen LogP contribution < -0.4 is 5.32 Å². The molecule has 0 fully saturated rings. The average Bonchev–Trinajstić information content (AvgIpc) is 2.55. The van der Waals surface area contributed by atoms with E-state index in [1.165, 1.54) is 36.4 Å². The van der Waals surface area contributed by atoms with Crippen LogP contribution in [0, 0.1) is 0 Å². The summed E-state index contributed by atoms with van der Waals surface area (Å²) in [5.74, 6) is -0.350. The number of halogens is 2. The van der Waals surface area contributed by atoms with Gasteiger partial charge in [0.15, 0.2) is 9.84 Å². The molecule has 2 aromatic carbocycles. The third-order valence-electron chi connectivity index (χ3n) is 3.26. The van der Waals surface area contributed by atoms with Gasteiger partial charge in [-0.2, -0.15) is 0 Å². The van der Waals surface area contributed by atoms with E-state index in [-0.39, 0.29) is 16.6 Å². The van der Waals surface area contributed by atoms with Crippen LogP contribution in [0.2, 0.25) is 10.0 Å². The quantitative estimate of drug-likeness (QED) is 0.776. The van der Waals surface area contributed by atoms with Crippen molar-refractivity contribution in [3.05, 3.63) is 64.1 Å². The summed E-state index contributed by atoms with van der Waals surface area (Å²) >= 11 is 12.0. The number of anilines is 1. The zero-order valence-corrected chi connectivity index (χ0v) is 15.1. The minimum atomic E-state index is -3.26. The fourth-order valence-electron chi connectivity index (χ4n) is 1.93. The first-order chi connectivity index (χ1) is 11.3. The molecule has 0 bridgehead atoms. The third kappa shape index (κ3) is 4.60. The number of rotatable bonds is 5. The van der Waals surface area contributed by atoms with E-state index >= 15 is 0 Å². The van der Waals surface area contributed by atoms with E-state index in [1.54, 1.807) is 25.1 Å². The standard InChI is InChI=1S/C17H15Cl2NO3S/c1-2-24(22,23)13-8-6-12(7-9-13)20-17(21)11-10-14-15(18)4-3-5-16(14)19/h3-11H,2H2,1H3,(H,20,21)/b11-10+. The van der Waals surface area contributed by atoms with Crippen molar-refractivity contribution >= 4 is 50.7 Å². The van der Waals surface area contributed by atoms with E-state index in [9.17, 15) is 13.2 Å². The molecule has 0 aromatic heterocycles. The maximum absolute atomic E-state index is 11.9. The van der Waals surface area contributed by atoms with Crippen LogP contribution in [-0.4, -0.2) is 20.1 Å². The Kier molecular flexibility index (Phi) is 6.04. The monoisotopic (exact) mass is 383 g/mol. The Hall–Kier alpha value is -1.82. The Morgan fingerprint density at radius 3 is 2.21 bits per heavy atom. The highest BCUT2D eigenvalue weighted by Crippen LogP contribution is 2.25. The van der Waals surface area contributed by atoms with E-state index in [0.717, 1.165) is 0 Å². The van der Waals surface area contributed by atoms with Crippen LogP contribution in [0.1, 0.15) is 12.5 Å². The van der Waals surface area contributed by atoms with Gasteiger partial charge in [0.05, 0.1) is 10.6 Å². The first kappa shape index (κ1) is 18.5. The predicted octanol–water partition coefficient (Wildman–Crippen LogP) is 4.44. The van der Waals surface area contributed by atoms with Crippen LogP contribution in [0.4, 0.5) is 5.69 Å². The molecule has 0 radical (unpaired) electrons. The number of amides is 1. The van der Waals surface area contributed by atoms with Crippen molar-refractivity contribution in [2.45, 2.75) is 11.8 Å². The number of sulfone groups is 1. The maximum atomic E-state index is 11.9. The lowest BCUT2D eigenvalue weighted by atomic mass is 10.2. The number of carbonyl (C=O) groups is 1. The highest BCUT2D eigenvalue weighted by Gasteiger charge is 2.11. The van der Waals surface area contributed by atoms with Crippen LogP contribution in [0.3, 0.4) is 0 Å². The summed E-state index contributed by atoms with van der Waals surface area (Å²) in [6.07, 6.45) is 2.83. The molecule has 0 aliphatic heterocycles. The summed E-state index contributed by atoms with van der Waals surface area (Å²) in [6.45, 7) is 1.58. The van der Waals surface area contributed by atoms with E-state index < -0.39 is 9.84 Å². The molecule has 126 valence electrons. The molecule has 0 saturated carbocycles. The summed E-state index contributed by atoms with van der Waals surface area (Å²) in [6, 6.07) is 11.1. The Balaban J connectivity index is 2.09. The summed E-state index contributed by atoms with van der Waals surface area (Å²) in [7, 11) is -3.26. The molecule has 0 atom stereocenters. The lowest BCUT2D eigenvalue weighted by molar-refractivity contribution is -0.111. The molecule has 0 aliphatic rings. The molecule has 2 aromatic rings. The van der Waals surface area contributed by atoms with Crippen molar-refractivity contribution in [1.82, 2.24) is 0 Å². The van der Waals surface area contributed by atoms with Crippen molar-refractivity contribution in [1.29, 1.82) is 0 Å². The van der Waals surface area contributed by atoms with Gasteiger partial charge < -0.3 is 5.32 Å². The second-order valence-electron chi connectivity index (χ2n) is 4.89. The van der Waals surface area contributed by atoms with Gasteiger partial charge in [-0.15, -0.1) is 0 Å². The molecular formula is C17H15Cl2NO3S. The largest absolute Gasteiger partial charge is 0.323 e. The summed E-state index contributed by atoms with van der Waals surface area (Å²) in [5, 5.41) is 3.53. The third-order valence-corrected chi connectivity index (χ3v) is 5.67. The fraction of sp³-hybridized carbons (Fsp3) is 0.118. The van der Waals surface area contributed by atoms with Gasteiger partial charge in [-0.3, -0.25) is 4.79 Å². The lowest BCUT2D eigenvalue weighted by Gasteiger charge is -2.05. The Morgan fingerprint density at radius 2 is 1.67 bits per heavy atom. The van der Waals surface area contributed by atoms with Crippen molar-refractivity contribution in [3.63, 3.8) is 0 Å². The normalized spacial score (nSPS) is 11.6. The van der Waals surface area contributed by atoms with E-state index in [4.69, 9.17) is 23.2 Å². The van der Waals surface area contributed by atoms with Gasteiger partial charge in [0.2, 0.25) is 5.91 Å². The van der Waals surface area contributed by atoms with Crippen molar-refractivity contribution in [2.75, 3.05) is 11.1 Å². The molecule has 24 heavy (non-hydrogen) atoms.